The summed E-state index contributed by atoms with van der Waals surface area (Å²) in [5.74, 6) is 0.740. The van der Waals surface area contributed by atoms with Crippen LogP contribution in [0.5, 0.6) is 0 Å². The Morgan fingerprint density at radius 3 is 3.12 bits per heavy atom. The summed E-state index contributed by atoms with van der Waals surface area (Å²) in [6.07, 6.45) is 1.45. The number of nitrogens with two attached hydrogens (primary N) is 1. The van der Waals surface area contributed by atoms with Gasteiger partial charge in [-0.05, 0) is 6.92 Å². The van der Waals surface area contributed by atoms with Crippen molar-refractivity contribution in [3.8, 4) is 0 Å². The van der Waals surface area contributed by atoms with E-state index in [1.807, 2.05) is 18.9 Å². The first kappa shape index (κ1) is 10.6. The van der Waals surface area contributed by atoms with Crippen LogP contribution < -0.4 is 16.3 Å². The van der Waals surface area contributed by atoms with Crippen molar-refractivity contribution in [2.75, 3.05) is 18.5 Å². The monoisotopic (exact) mass is 222 g/mol. The van der Waals surface area contributed by atoms with Gasteiger partial charge in [0.15, 0.2) is 5.65 Å². The van der Waals surface area contributed by atoms with E-state index in [9.17, 15) is 4.79 Å². The SMILES string of the molecule is CC(N)CN(C)c1cc2n[nH]c(=O)n2cn1. The molecule has 0 aliphatic rings. The highest BCUT2D eigenvalue weighted by molar-refractivity contribution is 5.49. The summed E-state index contributed by atoms with van der Waals surface area (Å²) in [5, 5.41) is 6.23. The molecule has 16 heavy (non-hydrogen) atoms. The normalized spacial score (nSPS) is 12.9. The number of hydrogen-bond acceptors (Lipinski definition) is 5. The average Bonchev–Trinajstić information content (AvgIpc) is 2.59. The molecule has 0 aromatic carbocycles. The van der Waals surface area contributed by atoms with Crippen LogP contribution in [0.25, 0.3) is 5.65 Å². The minimum absolute atomic E-state index is 0.0596. The second kappa shape index (κ2) is 3.93. The molecular weight excluding hydrogens is 208 g/mol. The lowest BCUT2D eigenvalue weighted by Gasteiger charge is -2.19. The van der Waals surface area contributed by atoms with Gasteiger partial charge in [-0.3, -0.25) is 0 Å². The second-order valence-corrected chi connectivity index (χ2v) is 3.86. The molecule has 0 saturated carbocycles. The summed E-state index contributed by atoms with van der Waals surface area (Å²) < 4.78 is 1.35. The van der Waals surface area contributed by atoms with Crippen LogP contribution in [0.2, 0.25) is 0 Å². The third-order valence-electron chi connectivity index (χ3n) is 2.25. The number of anilines is 1. The Labute approximate surface area is 91.9 Å². The van der Waals surface area contributed by atoms with Crippen molar-refractivity contribution in [1.29, 1.82) is 0 Å². The molecule has 7 heteroatoms. The van der Waals surface area contributed by atoms with Crippen LogP contribution in [0.15, 0.2) is 17.2 Å². The molecule has 0 fully saturated rings. The fraction of sp³-hybridized carbons (Fsp3) is 0.444. The van der Waals surface area contributed by atoms with E-state index in [-0.39, 0.29) is 11.7 Å². The van der Waals surface area contributed by atoms with E-state index in [0.717, 1.165) is 5.82 Å². The minimum atomic E-state index is -0.288. The number of H-pyrrole nitrogens is 1. The number of rotatable bonds is 3. The Hall–Kier alpha value is -1.89. The summed E-state index contributed by atoms with van der Waals surface area (Å²) in [6.45, 7) is 2.62. The number of aromatic nitrogens is 4. The smallest absolute Gasteiger partial charge is 0.348 e. The van der Waals surface area contributed by atoms with Crippen LogP contribution in [-0.4, -0.2) is 39.2 Å². The fourth-order valence-electron chi connectivity index (χ4n) is 1.53. The van der Waals surface area contributed by atoms with Gasteiger partial charge in [0.25, 0.3) is 0 Å². The number of likely N-dealkylation sites (N-methyl/N-ethyl adjacent to an activating group) is 1. The Morgan fingerprint density at radius 2 is 2.44 bits per heavy atom. The quantitative estimate of drug-likeness (QED) is 0.709. The van der Waals surface area contributed by atoms with Gasteiger partial charge in [-0.1, -0.05) is 0 Å². The molecule has 0 bridgehead atoms. The third kappa shape index (κ3) is 1.89. The molecule has 0 spiro atoms. The minimum Gasteiger partial charge on any atom is -0.358 e. The van der Waals surface area contributed by atoms with Crippen LogP contribution in [-0.2, 0) is 0 Å². The summed E-state index contributed by atoms with van der Waals surface area (Å²) in [5.41, 5.74) is 5.96. The summed E-state index contributed by atoms with van der Waals surface area (Å²) in [7, 11) is 1.90. The highest BCUT2D eigenvalue weighted by Gasteiger charge is 2.07. The highest BCUT2D eigenvalue weighted by Crippen LogP contribution is 2.09. The van der Waals surface area contributed by atoms with E-state index in [0.29, 0.717) is 12.2 Å². The molecule has 2 heterocycles. The predicted octanol–water partition coefficient (Wildman–Crippen LogP) is -0.799. The molecular formula is C9H14N6O. The van der Waals surface area contributed by atoms with Crippen LogP contribution in [0.4, 0.5) is 5.82 Å². The molecule has 0 saturated heterocycles. The summed E-state index contributed by atoms with van der Waals surface area (Å²) in [4.78, 5) is 17.3. The van der Waals surface area contributed by atoms with Gasteiger partial charge in [0.05, 0.1) is 0 Å². The fourth-order valence-corrected chi connectivity index (χ4v) is 1.53. The van der Waals surface area contributed by atoms with Gasteiger partial charge in [-0.25, -0.2) is 19.3 Å². The second-order valence-electron chi connectivity index (χ2n) is 3.86. The summed E-state index contributed by atoms with van der Waals surface area (Å²) in [6, 6.07) is 1.80. The number of fused-ring (bicyclic) bond motifs is 1. The van der Waals surface area contributed by atoms with Gasteiger partial charge in [-0.15, -0.1) is 0 Å². The zero-order valence-corrected chi connectivity index (χ0v) is 9.21. The standard InChI is InChI=1S/C9H14N6O/c1-6(10)4-14(2)7-3-8-12-13-9(16)15(8)5-11-7/h3,5-6H,4,10H2,1-2H3,(H,13,16). The number of nitrogens with one attached hydrogen (secondary N) is 1. The zero-order valence-electron chi connectivity index (χ0n) is 9.21. The molecule has 2 rings (SSSR count). The van der Waals surface area contributed by atoms with E-state index in [2.05, 4.69) is 15.2 Å². The molecule has 0 aliphatic heterocycles. The molecule has 1 atom stereocenters. The molecule has 86 valence electrons. The average molecular weight is 222 g/mol. The number of aromatic amines is 1. The van der Waals surface area contributed by atoms with E-state index in [1.54, 1.807) is 6.07 Å². The van der Waals surface area contributed by atoms with Gasteiger partial charge >= 0.3 is 5.69 Å². The molecule has 2 aromatic heterocycles. The zero-order chi connectivity index (χ0) is 11.7. The van der Waals surface area contributed by atoms with Gasteiger partial charge in [0.1, 0.15) is 12.1 Å². The first-order chi connectivity index (χ1) is 7.58. The van der Waals surface area contributed by atoms with Crippen LogP contribution >= 0.6 is 0 Å². The van der Waals surface area contributed by atoms with Crippen molar-refractivity contribution in [3.63, 3.8) is 0 Å². The number of nitrogens with zero attached hydrogens (tertiary/aromatic N) is 4. The van der Waals surface area contributed by atoms with Gasteiger partial charge in [-0.2, -0.15) is 5.10 Å². The predicted molar refractivity (Wildman–Crippen MR) is 60.5 cm³/mol. The van der Waals surface area contributed by atoms with Crippen molar-refractivity contribution in [2.45, 2.75) is 13.0 Å². The lowest BCUT2D eigenvalue weighted by atomic mass is 10.3. The van der Waals surface area contributed by atoms with Gasteiger partial charge < -0.3 is 10.6 Å². The molecule has 0 radical (unpaired) electrons. The molecule has 7 nitrogen and oxygen atoms in total. The molecule has 2 aromatic rings. The molecule has 1 unspecified atom stereocenters. The Kier molecular flexibility index (Phi) is 2.61. The van der Waals surface area contributed by atoms with Crippen molar-refractivity contribution >= 4 is 11.5 Å². The van der Waals surface area contributed by atoms with E-state index in [1.165, 1.54) is 10.7 Å². The molecule has 0 amide bonds. The molecule has 0 aliphatic carbocycles. The van der Waals surface area contributed by atoms with Crippen molar-refractivity contribution in [3.05, 3.63) is 22.9 Å². The lowest BCUT2D eigenvalue weighted by molar-refractivity contribution is 0.711. The Bertz CT molecular complexity index is 542. The van der Waals surface area contributed by atoms with Crippen LogP contribution in [0, 0.1) is 0 Å². The largest absolute Gasteiger partial charge is 0.358 e. The van der Waals surface area contributed by atoms with Crippen molar-refractivity contribution < 1.29 is 0 Å². The Balaban J connectivity index is 2.35. The van der Waals surface area contributed by atoms with Crippen LogP contribution in [0.3, 0.4) is 0 Å². The number of hydrogen-bond donors (Lipinski definition) is 2. The maximum atomic E-state index is 11.2. The maximum absolute atomic E-state index is 11.2. The van der Waals surface area contributed by atoms with Gasteiger partial charge in [0.2, 0.25) is 0 Å². The first-order valence-corrected chi connectivity index (χ1v) is 4.97. The first-order valence-electron chi connectivity index (χ1n) is 4.97. The van der Waals surface area contributed by atoms with Crippen molar-refractivity contribution in [2.24, 2.45) is 5.73 Å². The van der Waals surface area contributed by atoms with E-state index in [4.69, 9.17) is 5.73 Å². The van der Waals surface area contributed by atoms with E-state index >= 15 is 0 Å². The maximum Gasteiger partial charge on any atom is 0.348 e. The molecule has 3 N–H and O–H groups in total. The lowest BCUT2D eigenvalue weighted by Crippen LogP contribution is -2.33. The van der Waals surface area contributed by atoms with Crippen molar-refractivity contribution in [1.82, 2.24) is 19.6 Å². The summed E-state index contributed by atoms with van der Waals surface area (Å²) >= 11 is 0. The highest BCUT2D eigenvalue weighted by atomic mass is 16.1. The van der Waals surface area contributed by atoms with E-state index < -0.39 is 0 Å². The third-order valence-corrected chi connectivity index (χ3v) is 2.25. The Morgan fingerprint density at radius 1 is 1.69 bits per heavy atom. The van der Waals surface area contributed by atoms with Crippen LogP contribution in [0.1, 0.15) is 6.92 Å². The van der Waals surface area contributed by atoms with Gasteiger partial charge in [0, 0.05) is 25.7 Å². The topological polar surface area (TPSA) is 92.3 Å².